The Morgan fingerprint density at radius 2 is 1.89 bits per heavy atom. The summed E-state index contributed by atoms with van der Waals surface area (Å²) in [6, 6.07) is 15.0. The Hall–Kier alpha value is -4.79. The van der Waals surface area contributed by atoms with Crippen molar-refractivity contribution in [2.75, 3.05) is 7.11 Å². The lowest BCUT2D eigenvalue weighted by Crippen LogP contribution is -2.22. The van der Waals surface area contributed by atoms with E-state index in [1.54, 1.807) is 66.8 Å². The summed E-state index contributed by atoms with van der Waals surface area (Å²) in [4.78, 5) is 35.0. The van der Waals surface area contributed by atoms with E-state index in [1.165, 1.54) is 12.1 Å². The topological polar surface area (TPSA) is 88.2 Å². The Morgan fingerprint density at radius 1 is 1.03 bits per heavy atom. The molecule has 0 atom stereocenters. The van der Waals surface area contributed by atoms with Crippen LogP contribution in [0.5, 0.6) is 17.2 Å². The van der Waals surface area contributed by atoms with Crippen LogP contribution in [-0.4, -0.2) is 32.2 Å². The molecule has 0 fully saturated rings. The minimum atomic E-state index is -0.614. The molecule has 2 aromatic carbocycles. The zero-order valence-corrected chi connectivity index (χ0v) is 20.6. The van der Waals surface area contributed by atoms with Gasteiger partial charge in [0.05, 0.1) is 18.3 Å². The van der Waals surface area contributed by atoms with Gasteiger partial charge in [0, 0.05) is 55.1 Å². The zero-order valence-electron chi connectivity index (χ0n) is 20.6. The highest BCUT2D eigenvalue weighted by Crippen LogP contribution is 2.33. The van der Waals surface area contributed by atoms with Crippen molar-refractivity contribution in [3.63, 3.8) is 0 Å². The fourth-order valence-electron chi connectivity index (χ4n) is 4.91. The number of carbonyl (C=O) groups is 1. The van der Waals surface area contributed by atoms with Crippen molar-refractivity contribution in [1.82, 2.24) is 19.3 Å². The van der Waals surface area contributed by atoms with Gasteiger partial charge in [-0.1, -0.05) is 6.07 Å². The molecule has 1 aliphatic rings. The number of carbonyl (C=O) groups excluding carboxylic acids is 1. The molecule has 5 aromatic rings. The largest absolute Gasteiger partial charge is 0.497 e. The average Bonchev–Trinajstić information content (AvgIpc) is 3.52. The van der Waals surface area contributed by atoms with Crippen LogP contribution in [0, 0.1) is 5.82 Å². The third-order valence-electron chi connectivity index (χ3n) is 6.68. The van der Waals surface area contributed by atoms with Gasteiger partial charge >= 0.3 is 0 Å². The molecule has 9 heteroatoms. The number of halogens is 1. The number of benzene rings is 2. The predicted octanol–water partition coefficient (Wildman–Crippen LogP) is 5.03. The summed E-state index contributed by atoms with van der Waals surface area (Å²) in [5.74, 6) is 0.131. The van der Waals surface area contributed by atoms with E-state index in [-0.39, 0.29) is 29.1 Å². The molecule has 0 saturated heterocycles. The maximum Gasteiger partial charge on any atom is 0.278 e. The fraction of sp³-hybridized carbons (Fsp3) is 0.172. The lowest BCUT2D eigenvalue weighted by molar-refractivity contribution is 0.0992. The molecule has 0 bridgehead atoms. The first-order valence-electron chi connectivity index (χ1n) is 12.2. The van der Waals surface area contributed by atoms with Crippen molar-refractivity contribution in [3.05, 3.63) is 100 Å². The Balaban J connectivity index is 1.28. The number of ether oxygens (including phenoxy) is 2. The Labute approximate surface area is 216 Å². The first-order chi connectivity index (χ1) is 18.5. The third kappa shape index (κ3) is 4.11. The Kier molecular flexibility index (Phi) is 5.95. The van der Waals surface area contributed by atoms with Gasteiger partial charge in [-0.2, -0.15) is 0 Å². The summed E-state index contributed by atoms with van der Waals surface area (Å²) in [7, 11) is 1.57. The first-order valence-corrected chi connectivity index (χ1v) is 12.2. The van der Waals surface area contributed by atoms with Crippen LogP contribution in [0.25, 0.3) is 22.2 Å². The third-order valence-corrected chi connectivity index (χ3v) is 6.68. The van der Waals surface area contributed by atoms with Crippen molar-refractivity contribution in [2.45, 2.75) is 25.9 Å². The molecular formula is C29H23FN4O4. The standard InChI is InChI=1S/C29H23FN4O4/c1-37-20-6-7-21-23(16-20)32-11-9-25(21)38-26-8-5-18(14-22(26)30)15-24(35)27-28(19-4-2-10-31-17-19)33-12-3-13-34(33)29(27)36/h2,4-11,14,16-17H,3,12-13,15H2,1H3. The van der Waals surface area contributed by atoms with Gasteiger partial charge < -0.3 is 9.47 Å². The van der Waals surface area contributed by atoms with Gasteiger partial charge in [0.1, 0.15) is 17.1 Å². The summed E-state index contributed by atoms with van der Waals surface area (Å²) < 4.78 is 29.7. The Morgan fingerprint density at radius 3 is 2.68 bits per heavy atom. The normalized spacial score (nSPS) is 12.5. The molecule has 3 aromatic heterocycles. The number of methoxy groups -OCH3 is 1. The summed E-state index contributed by atoms with van der Waals surface area (Å²) in [5, 5.41) is 0.706. The molecule has 38 heavy (non-hydrogen) atoms. The average molecular weight is 511 g/mol. The van der Waals surface area contributed by atoms with Gasteiger partial charge in [0.15, 0.2) is 17.3 Å². The monoisotopic (exact) mass is 510 g/mol. The second kappa shape index (κ2) is 9.59. The number of pyridine rings is 2. The number of rotatable bonds is 7. The van der Waals surface area contributed by atoms with E-state index < -0.39 is 5.82 Å². The second-order valence-corrected chi connectivity index (χ2v) is 9.03. The van der Waals surface area contributed by atoms with Crippen LogP contribution < -0.4 is 15.0 Å². The quantitative estimate of drug-likeness (QED) is 0.286. The maximum atomic E-state index is 15.1. The van der Waals surface area contributed by atoms with Crippen LogP contribution >= 0.6 is 0 Å². The fourth-order valence-corrected chi connectivity index (χ4v) is 4.91. The second-order valence-electron chi connectivity index (χ2n) is 9.03. The molecule has 190 valence electrons. The van der Waals surface area contributed by atoms with Gasteiger partial charge in [0.2, 0.25) is 0 Å². The maximum absolute atomic E-state index is 15.1. The highest BCUT2D eigenvalue weighted by molar-refractivity contribution is 6.02. The van der Waals surface area contributed by atoms with Crippen LogP contribution in [0.15, 0.2) is 78.0 Å². The van der Waals surface area contributed by atoms with Crippen molar-refractivity contribution in [1.29, 1.82) is 0 Å². The van der Waals surface area contributed by atoms with Crippen molar-refractivity contribution < 1.29 is 18.7 Å². The number of Topliss-reactive ketones (excluding diaryl/α,β-unsaturated/α-hetero) is 1. The number of ketones is 1. The molecule has 0 amide bonds. The molecule has 8 nitrogen and oxygen atoms in total. The van der Waals surface area contributed by atoms with Crippen molar-refractivity contribution >= 4 is 16.7 Å². The smallest absolute Gasteiger partial charge is 0.278 e. The molecule has 0 radical (unpaired) electrons. The summed E-state index contributed by atoms with van der Waals surface area (Å²) in [6.07, 6.45) is 5.56. The number of nitrogens with zero attached hydrogens (tertiary/aromatic N) is 4. The summed E-state index contributed by atoms with van der Waals surface area (Å²) in [6.45, 7) is 1.19. The molecule has 6 rings (SSSR count). The molecule has 0 saturated carbocycles. The number of hydrogen-bond acceptors (Lipinski definition) is 6. The molecule has 0 spiro atoms. The summed E-state index contributed by atoms with van der Waals surface area (Å²) in [5.41, 5.74) is 2.14. The van der Waals surface area contributed by atoms with Crippen LogP contribution in [0.4, 0.5) is 4.39 Å². The van der Waals surface area contributed by atoms with Gasteiger partial charge in [-0.15, -0.1) is 0 Å². The van der Waals surface area contributed by atoms with Gasteiger partial charge in [-0.3, -0.25) is 24.2 Å². The zero-order chi connectivity index (χ0) is 26.2. The van der Waals surface area contributed by atoms with Crippen molar-refractivity contribution in [3.8, 4) is 28.5 Å². The van der Waals surface area contributed by atoms with Gasteiger partial charge in [0.25, 0.3) is 5.56 Å². The molecule has 4 heterocycles. The van der Waals surface area contributed by atoms with Gasteiger partial charge in [-0.25, -0.2) is 9.07 Å². The molecule has 0 unspecified atom stereocenters. The van der Waals surface area contributed by atoms with Crippen LogP contribution in [0.2, 0.25) is 0 Å². The van der Waals surface area contributed by atoms with E-state index in [0.29, 0.717) is 52.3 Å². The summed E-state index contributed by atoms with van der Waals surface area (Å²) >= 11 is 0. The lowest BCUT2D eigenvalue weighted by atomic mass is 10.00. The number of aromatic nitrogens is 4. The highest BCUT2D eigenvalue weighted by atomic mass is 19.1. The Bertz CT molecular complexity index is 1740. The highest BCUT2D eigenvalue weighted by Gasteiger charge is 2.28. The van der Waals surface area contributed by atoms with Crippen molar-refractivity contribution in [2.24, 2.45) is 0 Å². The minimum absolute atomic E-state index is 0.0171. The van der Waals surface area contributed by atoms with E-state index in [9.17, 15) is 9.59 Å². The van der Waals surface area contributed by atoms with Crippen LogP contribution in [0.1, 0.15) is 22.3 Å². The van der Waals surface area contributed by atoms with E-state index in [2.05, 4.69) is 9.97 Å². The van der Waals surface area contributed by atoms with Crippen LogP contribution in [0.3, 0.4) is 0 Å². The molecule has 0 N–H and O–H groups in total. The number of hydrogen-bond donors (Lipinski definition) is 0. The van der Waals surface area contributed by atoms with E-state index in [4.69, 9.17) is 9.47 Å². The molecular weight excluding hydrogens is 487 g/mol. The SMILES string of the molecule is COc1ccc2c(Oc3ccc(CC(=O)c4c(-c5cccnc5)n5n(c4=O)CCC5)cc3F)ccnc2c1. The molecule has 1 aliphatic heterocycles. The van der Waals surface area contributed by atoms with E-state index in [0.717, 1.165) is 6.42 Å². The number of fused-ring (bicyclic) bond motifs is 2. The van der Waals surface area contributed by atoms with E-state index >= 15 is 4.39 Å². The predicted molar refractivity (Wildman–Crippen MR) is 139 cm³/mol. The first kappa shape index (κ1) is 23.6. The van der Waals surface area contributed by atoms with Crippen LogP contribution in [-0.2, 0) is 19.5 Å². The lowest BCUT2D eigenvalue weighted by Gasteiger charge is -2.11. The van der Waals surface area contributed by atoms with E-state index in [1.807, 2.05) is 10.7 Å². The molecule has 0 aliphatic carbocycles. The minimum Gasteiger partial charge on any atom is -0.497 e. The van der Waals surface area contributed by atoms with Gasteiger partial charge in [-0.05, 0) is 54.4 Å².